The summed E-state index contributed by atoms with van der Waals surface area (Å²) in [7, 11) is 0. The summed E-state index contributed by atoms with van der Waals surface area (Å²) in [4.78, 5) is 14.7. The summed E-state index contributed by atoms with van der Waals surface area (Å²) in [5.41, 5.74) is -0.519. The van der Waals surface area contributed by atoms with Crippen LogP contribution in [-0.2, 0) is 0 Å². The van der Waals surface area contributed by atoms with E-state index in [1.807, 2.05) is 0 Å². The minimum absolute atomic E-state index is 0.199. The Bertz CT molecular complexity index is 521. The van der Waals surface area contributed by atoms with Crippen LogP contribution in [0.3, 0.4) is 0 Å². The van der Waals surface area contributed by atoms with Gasteiger partial charge in [-0.05, 0) is 0 Å². The second-order valence-electron chi connectivity index (χ2n) is 2.35. The Balaban J connectivity index is 3.09. The van der Waals surface area contributed by atoms with E-state index in [1.54, 1.807) is 0 Å². The molecular formula is C6H4N4O3. The van der Waals surface area contributed by atoms with Gasteiger partial charge >= 0.3 is 5.65 Å². The first kappa shape index (κ1) is 7.47. The van der Waals surface area contributed by atoms with Crippen molar-refractivity contribution in [2.75, 3.05) is 0 Å². The number of aromatic nitrogens is 4. The third-order valence-electron chi connectivity index (χ3n) is 1.56. The van der Waals surface area contributed by atoms with Gasteiger partial charge < -0.3 is 15.1 Å². The Morgan fingerprint density at radius 2 is 2.23 bits per heavy atom. The lowest BCUT2D eigenvalue weighted by atomic mass is 10.6. The van der Waals surface area contributed by atoms with E-state index < -0.39 is 0 Å². The van der Waals surface area contributed by atoms with Crippen LogP contribution < -0.4 is 9.16 Å². The highest BCUT2D eigenvalue weighted by molar-refractivity contribution is 5.56. The average molecular weight is 180 g/mol. The maximum absolute atomic E-state index is 11.1. The van der Waals surface area contributed by atoms with Gasteiger partial charge in [-0.1, -0.05) is 0 Å². The van der Waals surface area contributed by atoms with Crippen LogP contribution in [0.15, 0.2) is 24.8 Å². The molecule has 2 aromatic heterocycles. The van der Waals surface area contributed by atoms with Crippen LogP contribution in [0.4, 0.5) is 0 Å². The molecule has 0 aliphatic heterocycles. The molecule has 7 heteroatoms. The molecule has 0 saturated carbocycles. The van der Waals surface area contributed by atoms with Crippen molar-refractivity contribution < 1.29 is 9.16 Å². The summed E-state index contributed by atoms with van der Waals surface area (Å²) in [6.45, 7) is 0. The van der Waals surface area contributed by atoms with Gasteiger partial charge in [0, 0.05) is 4.91 Å². The van der Waals surface area contributed by atoms with Crippen molar-refractivity contribution in [3.63, 3.8) is 0 Å². The quantitative estimate of drug-likeness (QED) is 0.381. The smallest absolute Gasteiger partial charge is 0.550 e. The Morgan fingerprint density at radius 1 is 1.46 bits per heavy atom. The molecule has 2 rings (SSSR count). The van der Waals surface area contributed by atoms with Crippen LogP contribution in [0.25, 0.3) is 11.3 Å². The fourth-order valence-electron chi connectivity index (χ4n) is 1.00. The number of fused-ring (bicyclic) bond motifs is 1. The fraction of sp³-hybridized carbons (Fsp3) is 0. The molecule has 0 amide bonds. The van der Waals surface area contributed by atoms with Gasteiger partial charge in [-0.2, -0.15) is 0 Å². The molecule has 0 saturated heterocycles. The summed E-state index contributed by atoms with van der Waals surface area (Å²) in [5, 5.41) is 22.1. The molecule has 0 unspecified atom stereocenters. The third-order valence-corrected chi connectivity index (χ3v) is 1.56. The maximum Gasteiger partial charge on any atom is 0.550 e. The summed E-state index contributed by atoms with van der Waals surface area (Å²) >= 11 is 0. The zero-order chi connectivity index (χ0) is 9.42. The van der Waals surface area contributed by atoms with E-state index in [9.17, 15) is 15.3 Å². The van der Waals surface area contributed by atoms with E-state index in [0.717, 1.165) is 24.8 Å². The van der Waals surface area contributed by atoms with Gasteiger partial charge in [-0.25, -0.2) is 4.98 Å². The van der Waals surface area contributed by atoms with Crippen molar-refractivity contribution in [3.05, 3.63) is 40.1 Å². The first-order valence-electron chi connectivity index (χ1n) is 3.39. The number of rotatable bonds is 0. The van der Waals surface area contributed by atoms with Crippen molar-refractivity contribution in [1.29, 1.82) is 0 Å². The van der Waals surface area contributed by atoms with Crippen LogP contribution in [0.5, 0.6) is 0 Å². The lowest BCUT2D eigenvalue weighted by Gasteiger charge is -2.06. The van der Waals surface area contributed by atoms with Gasteiger partial charge in [0.2, 0.25) is 6.20 Å². The van der Waals surface area contributed by atoms with Crippen LogP contribution in [0, 0.1) is 15.3 Å². The van der Waals surface area contributed by atoms with Crippen LogP contribution in [-0.4, -0.2) is 9.71 Å². The topological polar surface area (TPSA) is 90.8 Å². The van der Waals surface area contributed by atoms with E-state index in [0.29, 0.717) is 13.9 Å². The molecule has 2 aromatic rings. The normalized spacial score (nSPS) is 10.5. The van der Waals surface area contributed by atoms with Crippen LogP contribution in [0.1, 0.15) is 0 Å². The molecular weight excluding hydrogens is 176 g/mol. The largest absolute Gasteiger partial charge is 0.804 e. The highest BCUT2D eigenvalue weighted by Gasteiger charge is 2.17. The molecule has 0 aliphatic rings. The van der Waals surface area contributed by atoms with Gasteiger partial charge in [-0.15, -0.1) is 4.73 Å². The van der Waals surface area contributed by atoms with E-state index >= 15 is 0 Å². The minimum Gasteiger partial charge on any atom is -0.804 e. The molecule has 0 N–H and O–H groups in total. The Labute approximate surface area is 71.3 Å². The zero-order valence-corrected chi connectivity index (χ0v) is 6.32. The van der Waals surface area contributed by atoms with Crippen LogP contribution in [0.2, 0.25) is 0 Å². The SMILES string of the molecule is O=[n+]1ccn([O-])c2ncc[n+]([O-])c21. The molecule has 0 aromatic carbocycles. The third kappa shape index (κ3) is 0.975. The fourth-order valence-corrected chi connectivity index (χ4v) is 1.00. The highest BCUT2D eigenvalue weighted by atomic mass is 16.5. The van der Waals surface area contributed by atoms with Crippen molar-refractivity contribution in [2.24, 2.45) is 0 Å². The summed E-state index contributed by atoms with van der Waals surface area (Å²) in [6, 6.07) is 0. The van der Waals surface area contributed by atoms with E-state index in [4.69, 9.17) is 0 Å². The molecule has 66 valence electrons. The highest BCUT2D eigenvalue weighted by Crippen LogP contribution is 1.97. The van der Waals surface area contributed by atoms with E-state index in [2.05, 4.69) is 4.98 Å². The second kappa shape index (κ2) is 2.41. The maximum atomic E-state index is 11.1. The predicted molar refractivity (Wildman–Crippen MR) is 40.8 cm³/mol. The summed E-state index contributed by atoms with van der Waals surface area (Å²) < 4.78 is 0.950. The number of nitrogens with zero attached hydrogens (tertiary/aromatic N) is 4. The molecule has 0 atom stereocenters. The van der Waals surface area contributed by atoms with Crippen molar-refractivity contribution >= 4 is 11.3 Å². The summed E-state index contributed by atoms with van der Waals surface area (Å²) in [6.07, 6.45) is 4.15. The lowest BCUT2D eigenvalue weighted by Crippen LogP contribution is -2.37. The van der Waals surface area contributed by atoms with Gasteiger partial charge in [-0.3, -0.25) is 0 Å². The molecule has 0 fully saturated rings. The Hall–Kier alpha value is -2.18. The van der Waals surface area contributed by atoms with Crippen molar-refractivity contribution in [1.82, 2.24) is 9.71 Å². The standard InChI is InChI=1S/C6H4N4O3/c11-8-3-4-10(13)6-5(8)7-1-2-9(6)12/h1-4H. The first-order valence-corrected chi connectivity index (χ1v) is 3.39. The lowest BCUT2D eigenvalue weighted by molar-refractivity contribution is -0.650. The molecule has 13 heavy (non-hydrogen) atoms. The summed E-state index contributed by atoms with van der Waals surface area (Å²) in [5.74, 6) is 0. The van der Waals surface area contributed by atoms with Crippen LogP contribution >= 0.6 is 0 Å². The van der Waals surface area contributed by atoms with Crippen molar-refractivity contribution in [2.45, 2.75) is 0 Å². The molecule has 2 heterocycles. The number of hydrogen-bond donors (Lipinski definition) is 0. The van der Waals surface area contributed by atoms with Gasteiger partial charge in [0.1, 0.15) is 4.43 Å². The van der Waals surface area contributed by atoms with Gasteiger partial charge in [0.15, 0.2) is 0 Å². The molecule has 0 spiro atoms. The first-order chi connectivity index (χ1) is 6.20. The van der Waals surface area contributed by atoms with Gasteiger partial charge in [0.05, 0.1) is 12.4 Å². The Kier molecular flexibility index (Phi) is 1.38. The zero-order valence-electron chi connectivity index (χ0n) is 6.32. The monoisotopic (exact) mass is 180 g/mol. The van der Waals surface area contributed by atoms with Gasteiger partial charge in [0.25, 0.3) is 11.8 Å². The van der Waals surface area contributed by atoms with E-state index in [-0.39, 0.29) is 11.3 Å². The molecule has 0 aliphatic carbocycles. The Morgan fingerprint density at radius 3 is 2.92 bits per heavy atom. The number of hydrogen-bond acceptors (Lipinski definition) is 4. The molecule has 7 nitrogen and oxygen atoms in total. The second-order valence-corrected chi connectivity index (χ2v) is 2.35. The average Bonchev–Trinajstić information content (AvgIpc) is 2.12. The minimum atomic E-state index is -0.319. The van der Waals surface area contributed by atoms with E-state index in [1.165, 1.54) is 0 Å². The van der Waals surface area contributed by atoms with Crippen molar-refractivity contribution in [3.8, 4) is 0 Å². The molecule has 0 radical (unpaired) electrons. The predicted octanol–water partition coefficient (Wildman–Crippen LogP) is -1.07. The molecule has 0 bridgehead atoms.